The van der Waals surface area contributed by atoms with Crippen molar-refractivity contribution in [2.75, 3.05) is 23.7 Å². The molecule has 1 aromatic rings. The van der Waals surface area contributed by atoms with Crippen LogP contribution < -0.4 is 9.62 Å². The summed E-state index contributed by atoms with van der Waals surface area (Å²) in [7, 11) is -3.51. The predicted molar refractivity (Wildman–Crippen MR) is 99.7 cm³/mol. The van der Waals surface area contributed by atoms with E-state index < -0.39 is 10.0 Å². The van der Waals surface area contributed by atoms with Crippen LogP contribution in [0.2, 0.25) is 0 Å². The second-order valence-corrected chi connectivity index (χ2v) is 8.23. The monoisotopic (exact) mass is 354 g/mol. The second kappa shape index (κ2) is 9.67. The molecule has 1 amide bonds. The van der Waals surface area contributed by atoms with E-state index in [0.717, 1.165) is 41.8 Å². The maximum absolute atomic E-state index is 12.2. The number of hydrogen-bond acceptors (Lipinski definition) is 3. The fourth-order valence-electron chi connectivity index (χ4n) is 2.50. The van der Waals surface area contributed by atoms with E-state index in [1.54, 1.807) is 12.1 Å². The van der Waals surface area contributed by atoms with E-state index in [1.807, 2.05) is 19.1 Å². The van der Waals surface area contributed by atoms with Gasteiger partial charge >= 0.3 is 0 Å². The van der Waals surface area contributed by atoms with Crippen molar-refractivity contribution in [1.82, 2.24) is 5.32 Å². The number of carbonyl (C=O) groups is 1. The van der Waals surface area contributed by atoms with E-state index in [4.69, 9.17) is 0 Å². The van der Waals surface area contributed by atoms with Crippen LogP contribution in [0.15, 0.2) is 24.3 Å². The lowest BCUT2D eigenvalue weighted by Crippen LogP contribution is -2.41. The molecule has 1 aromatic carbocycles. The molecule has 0 fully saturated rings. The number of anilines is 1. The summed E-state index contributed by atoms with van der Waals surface area (Å²) in [6, 6.07) is 7.12. The number of unbranched alkanes of at least 4 members (excludes halogenated alkanes) is 1. The summed E-state index contributed by atoms with van der Waals surface area (Å²) < 4.78 is 25.2. The first-order valence-electron chi connectivity index (χ1n) is 8.59. The predicted octanol–water partition coefficient (Wildman–Crippen LogP) is 3.09. The summed E-state index contributed by atoms with van der Waals surface area (Å²) in [6.45, 7) is 6.61. The molecule has 1 N–H and O–H groups in total. The van der Waals surface area contributed by atoms with Crippen molar-refractivity contribution < 1.29 is 13.2 Å². The molecule has 0 aliphatic carbocycles. The molecule has 0 aliphatic rings. The lowest BCUT2D eigenvalue weighted by Gasteiger charge is -2.23. The number of rotatable bonds is 10. The van der Waals surface area contributed by atoms with Gasteiger partial charge in [-0.1, -0.05) is 50.8 Å². The lowest BCUT2D eigenvalue weighted by atomic mass is 9.99. The second-order valence-electron chi connectivity index (χ2n) is 6.33. The Morgan fingerprint density at radius 2 is 1.83 bits per heavy atom. The molecule has 0 spiro atoms. The number of hydrogen-bond donors (Lipinski definition) is 1. The topological polar surface area (TPSA) is 66.5 Å². The molecule has 0 saturated heterocycles. The Morgan fingerprint density at radius 3 is 2.33 bits per heavy atom. The number of nitrogens with one attached hydrogen (secondary N) is 1. The van der Waals surface area contributed by atoms with Gasteiger partial charge in [0.1, 0.15) is 6.54 Å². The molecule has 6 heteroatoms. The van der Waals surface area contributed by atoms with Gasteiger partial charge < -0.3 is 5.32 Å². The summed E-state index contributed by atoms with van der Waals surface area (Å²) in [6.07, 6.45) is 5.50. The molecule has 0 aliphatic heterocycles. The summed E-state index contributed by atoms with van der Waals surface area (Å²) in [4.78, 5) is 12.2. The van der Waals surface area contributed by atoms with Gasteiger partial charge in [-0.25, -0.2) is 8.42 Å². The normalized spacial score (nSPS) is 12.7. The molecular formula is C18H30N2O3S. The smallest absolute Gasteiger partial charge is 0.240 e. The van der Waals surface area contributed by atoms with Crippen LogP contribution in [0.3, 0.4) is 0 Å². The molecule has 24 heavy (non-hydrogen) atoms. The number of carbonyl (C=O) groups excluding carboxylic acids is 1. The average Bonchev–Trinajstić information content (AvgIpc) is 2.53. The van der Waals surface area contributed by atoms with E-state index in [1.165, 1.54) is 0 Å². The van der Waals surface area contributed by atoms with Gasteiger partial charge in [0, 0.05) is 6.54 Å². The van der Waals surface area contributed by atoms with Crippen molar-refractivity contribution >= 4 is 21.6 Å². The molecule has 1 rings (SSSR count). The van der Waals surface area contributed by atoms with Crippen LogP contribution in [0.1, 0.15) is 45.1 Å². The van der Waals surface area contributed by atoms with Crippen LogP contribution in [-0.4, -0.2) is 33.7 Å². The molecule has 0 radical (unpaired) electrons. The fraction of sp³-hybridized carbons (Fsp3) is 0.611. The van der Waals surface area contributed by atoms with Crippen molar-refractivity contribution in [1.29, 1.82) is 0 Å². The zero-order chi connectivity index (χ0) is 18.2. The molecular weight excluding hydrogens is 324 g/mol. The Hall–Kier alpha value is -1.56. The minimum atomic E-state index is -3.51. The zero-order valence-electron chi connectivity index (χ0n) is 15.2. The third-order valence-corrected chi connectivity index (χ3v) is 5.28. The molecule has 1 atom stereocenters. The van der Waals surface area contributed by atoms with Gasteiger partial charge in [-0.05, 0) is 31.4 Å². The van der Waals surface area contributed by atoms with Crippen molar-refractivity contribution in [3.8, 4) is 0 Å². The Balaban J connectivity index is 2.70. The number of benzene rings is 1. The molecule has 1 unspecified atom stereocenters. The maximum Gasteiger partial charge on any atom is 0.240 e. The molecule has 0 bridgehead atoms. The van der Waals surface area contributed by atoms with Crippen LogP contribution in [-0.2, 0) is 14.8 Å². The summed E-state index contributed by atoms with van der Waals surface area (Å²) >= 11 is 0. The van der Waals surface area contributed by atoms with Gasteiger partial charge in [-0.2, -0.15) is 0 Å². The molecule has 0 saturated carbocycles. The first-order valence-corrected chi connectivity index (χ1v) is 10.4. The van der Waals surface area contributed by atoms with Crippen molar-refractivity contribution in [3.05, 3.63) is 29.8 Å². The highest BCUT2D eigenvalue weighted by atomic mass is 32.2. The van der Waals surface area contributed by atoms with E-state index in [2.05, 4.69) is 19.2 Å². The Labute approximate surface area is 146 Å². The van der Waals surface area contributed by atoms with Crippen LogP contribution in [0, 0.1) is 12.8 Å². The molecule has 0 aromatic heterocycles. The van der Waals surface area contributed by atoms with Crippen LogP contribution in [0.25, 0.3) is 0 Å². The lowest BCUT2D eigenvalue weighted by molar-refractivity contribution is -0.119. The van der Waals surface area contributed by atoms with Crippen molar-refractivity contribution in [2.45, 2.75) is 46.5 Å². The number of aryl methyl sites for hydroxylation is 1. The first-order chi connectivity index (χ1) is 11.3. The van der Waals surface area contributed by atoms with Gasteiger partial charge in [0.2, 0.25) is 15.9 Å². The molecule has 5 nitrogen and oxygen atoms in total. The van der Waals surface area contributed by atoms with E-state index in [-0.39, 0.29) is 12.5 Å². The Kier molecular flexibility index (Phi) is 8.25. The van der Waals surface area contributed by atoms with Crippen molar-refractivity contribution in [3.63, 3.8) is 0 Å². The van der Waals surface area contributed by atoms with Gasteiger partial charge in [-0.15, -0.1) is 0 Å². The van der Waals surface area contributed by atoms with Gasteiger partial charge in [-0.3, -0.25) is 9.10 Å². The standard InChI is InChI=1S/C18H30N2O3S/c1-5-7-8-16(6-2)13-19-18(21)14-20(24(4,22)23)17-11-9-15(3)10-12-17/h9-12,16H,5-8,13-14H2,1-4H3,(H,19,21). The van der Waals surface area contributed by atoms with Crippen LogP contribution in [0.5, 0.6) is 0 Å². The number of nitrogens with zero attached hydrogens (tertiary/aromatic N) is 1. The van der Waals surface area contributed by atoms with E-state index >= 15 is 0 Å². The summed E-state index contributed by atoms with van der Waals surface area (Å²) in [5.41, 5.74) is 1.55. The van der Waals surface area contributed by atoms with Gasteiger partial charge in [0.25, 0.3) is 0 Å². The quantitative estimate of drug-likeness (QED) is 0.702. The Bertz CT molecular complexity index is 612. The third-order valence-electron chi connectivity index (χ3n) is 4.14. The van der Waals surface area contributed by atoms with Gasteiger partial charge in [0.05, 0.1) is 11.9 Å². The maximum atomic E-state index is 12.2. The SMILES string of the molecule is CCCCC(CC)CNC(=O)CN(c1ccc(C)cc1)S(C)(=O)=O. The number of sulfonamides is 1. The summed E-state index contributed by atoms with van der Waals surface area (Å²) in [5, 5.41) is 2.88. The average molecular weight is 355 g/mol. The summed E-state index contributed by atoms with van der Waals surface area (Å²) in [5.74, 6) is 0.177. The zero-order valence-corrected chi connectivity index (χ0v) is 16.0. The van der Waals surface area contributed by atoms with Crippen molar-refractivity contribution in [2.24, 2.45) is 5.92 Å². The highest BCUT2D eigenvalue weighted by Gasteiger charge is 2.21. The highest BCUT2D eigenvalue weighted by Crippen LogP contribution is 2.18. The minimum Gasteiger partial charge on any atom is -0.354 e. The van der Waals surface area contributed by atoms with Crippen LogP contribution >= 0.6 is 0 Å². The third kappa shape index (κ3) is 6.91. The van der Waals surface area contributed by atoms with Crippen LogP contribution in [0.4, 0.5) is 5.69 Å². The minimum absolute atomic E-state index is 0.188. The first kappa shape index (κ1) is 20.5. The number of amides is 1. The fourth-order valence-corrected chi connectivity index (χ4v) is 3.36. The Morgan fingerprint density at radius 1 is 1.21 bits per heavy atom. The molecule has 136 valence electrons. The van der Waals surface area contributed by atoms with E-state index in [9.17, 15) is 13.2 Å². The highest BCUT2D eigenvalue weighted by molar-refractivity contribution is 7.92. The van der Waals surface area contributed by atoms with E-state index in [0.29, 0.717) is 18.2 Å². The molecule has 0 heterocycles. The largest absolute Gasteiger partial charge is 0.354 e. The van der Waals surface area contributed by atoms with Gasteiger partial charge in [0.15, 0.2) is 0 Å².